The molecule has 0 saturated carbocycles. The van der Waals surface area contributed by atoms with Crippen molar-refractivity contribution in [2.24, 2.45) is 10.3 Å². The molecule has 0 unspecified atom stereocenters. The Morgan fingerprint density at radius 2 is 1.96 bits per heavy atom. The van der Waals surface area contributed by atoms with E-state index in [2.05, 4.69) is 15.7 Å². The lowest BCUT2D eigenvalue weighted by Crippen LogP contribution is -2.25. The summed E-state index contributed by atoms with van der Waals surface area (Å²) >= 11 is 0. The van der Waals surface area contributed by atoms with Gasteiger partial charge in [0.05, 0.1) is 11.1 Å². The predicted molar refractivity (Wildman–Crippen MR) is 105 cm³/mol. The van der Waals surface area contributed by atoms with Gasteiger partial charge in [0.15, 0.2) is 6.61 Å². The van der Waals surface area contributed by atoms with Crippen LogP contribution in [0.5, 0.6) is 5.75 Å². The smallest absolute Gasteiger partial charge is 0.277 e. The van der Waals surface area contributed by atoms with Gasteiger partial charge in [0, 0.05) is 12.1 Å². The van der Waals surface area contributed by atoms with Crippen LogP contribution in [0, 0.1) is 21.9 Å². The Balaban J connectivity index is 1.96. The van der Waals surface area contributed by atoms with Crippen molar-refractivity contribution in [2.45, 2.75) is 26.7 Å². The number of hydrogen-bond donors (Lipinski definition) is 1. The van der Waals surface area contributed by atoms with Crippen LogP contribution in [0.1, 0.15) is 36.5 Å². The third-order valence-corrected chi connectivity index (χ3v) is 3.91. The number of hydrazone groups is 1. The molecule has 0 aromatic heterocycles. The molecule has 0 saturated heterocycles. The number of carbonyl (C=O) groups is 1. The Hall–Kier alpha value is -3.62. The largest absolute Gasteiger partial charge is 0.483 e. The highest BCUT2D eigenvalue weighted by Crippen LogP contribution is 2.33. The molecular formula is C19H20N4O5. The van der Waals surface area contributed by atoms with Crippen LogP contribution < -0.4 is 10.2 Å². The molecule has 2 aromatic carbocycles. The van der Waals surface area contributed by atoms with Gasteiger partial charge in [0.2, 0.25) is 0 Å². The highest BCUT2D eigenvalue weighted by Gasteiger charge is 2.13. The van der Waals surface area contributed by atoms with E-state index in [9.17, 15) is 19.8 Å². The average molecular weight is 384 g/mol. The number of amides is 1. The SMILES string of the molecule is Cc1cc(OCC(=O)N/N=C/c2ccc([N+](=O)[O-])cc2)c(C(C)C)cc1N=O. The van der Waals surface area contributed by atoms with Crippen LogP contribution >= 0.6 is 0 Å². The highest BCUT2D eigenvalue weighted by molar-refractivity contribution is 5.83. The molecule has 0 aliphatic rings. The molecule has 0 bridgehead atoms. The number of rotatable bonds is 8. The summed E-state index contributed by atoms with van der Waals surface area (Å²) in [6, 6.07) is 9.07. The van der Waals surface area contributed by atoms with Crippen LogP contribution in [0.2, 0.25) is 0 Å². The van der Waals surface area contributed by atoms with Gasteiger partial charge in [0.1, 0.15) is 11.4 Å². The number of carbonyl (C=O) groups excluding carboxylic acids is 1. The summed E-state index contributed by atoms with van der Waals surface area (Å²) in [5.74, 6) is 0.122. The van der Waals surface area contributed by atoms with Crippen LogP contribution in [0.4, 0.5) is 11.4 Å². The lowest BCUT2D eigenvalue weighted by Gasteiger charge is -2.15. The summed E-state index contributed by atoms with van der Waals surface area (Å²) in [5.41, 5.74) is 4.68. The number of nitrogens with zero attached hydrogens (tertiary/aromatic N) is 3. The van der Waals surface area contributed by atoms with Crippen molar-refractivity contribution in [1.82, 2.24) is 5.43 Å². The maximum atomic E-state index is 11.9. The third-order valence-electron chi connectivity index (χ3n) is 3.91. The molecule has 0 heterocycles. The number of benzene rings is 2. The molecule has 2 aromatic rings. The Bertz CT molecular complexity index is 907. The summed E-state index contributed by atoms with van der Waals surface area (Å²) < 4.78 is 5.58. The molecule has 0 aliphatic heterocycles. The summed E-state index contributed by atoms with van der Waals surface area (Å²) in [6.45, 7) is 5.37. The zero-order valence-electron chi connectivity index (χ0n) is 15.7. The first-order chi connectivity index (χ1) is 13.3. The molecule has 0 aliphatic carbocycles. The molecule has 0 atom stereocenters. The lowest BCUT2D eigenvalue weighted by atomic mass is 9.99. The monoisotopic (exact) mass is 384 g/mol. The molecule has 2 rings (SSSR count). The van der Waals surface area contributed by atoms with E-state index >= 15 is 0 Å². The van der Waals surface area contributed by atoms with Crippen molar-refractivity contribution in [3.05, 3.63) is 68.1 Å². The van der Waals surface area contributed by atoms with Crippen LogP contribution in [0.3, 0.4) is 0 Å². The van der Waals surface area contributed by atoms with Gasteiger partial charge in [-0.15, -0.1) is 4.91 Å². The maximum absolute atomic E-state index is 11.9. The Morgan fingerprint density at radius 1 is 1.29 bits per heavy atom. The van der Waals surface area contributed by atoms with E-state index in [1.54, 1.807) is 19.1 Å². The minimum absolute atomic E-state index is 0.0263. The number of aryl methyl sites for hydroxylation is 1. The normalized spacial score (nSPS) is 10.9. The second-order valence-corrected chi connectivity index (χ2v) is 6.35. The van der Waals surface area contributed by atoms with Crippen molar-refractivity contribution in [1.29, 1.82) is 0 Å². The van der Waals surface area contributed by atoms with Gasteiger partial charge in [-0.3, -0.25) is 14.9 Å². The number of nitroso groups, excluding NO2 is 1. The van der Waals surface area contributed by atoms with Gasteiger partial charge in [-0.25, -0.2) is 5.43 Å². The minimum Gasteiger partial charge on any atom is -0.483 e. The first-order valence-corrected chi connectivity index (χ1v) is 8.49. The molecule has 1 amide bonds. The van der Waals surface area contributed by atoms with Crippen molar-refractivity contribution in [3.8, 4) is 5.75 Å². The summed E-state index contributed by atoms with van der Waals surface area (Å²) in [7, 11) is 0. The van der Waals surface area contributed by atoms with E-state index in [1.165, 1.54) is 30.5 Å². The van der Waals surface area contributed by atoms with Gasteiger partial charge in [-0.2, -0.15) is 5.10 Å². The number of nitro groups is 1. The second kappa shape index (κ2) is 9.36. The zero-order valence-corrected chi connectivity index (χ0v) is 15.7. The topological polar surface area (TPSA) is 123 Å². The first-order valence-electron chi connectivity index (χ1n) is 8.49. The van der Waals surface area contributed by atoms with E-state index in [4.69, 9.17) is 4.74 Å². The standard InChI is InChI=1S/C19H20N4O5/c1-12(2)16-9-17(22-25)13(3)8-18(16)28-11-19(24)21-20-10-14-4-6-15(7-5-14)23(26)27/h4-10,12H,11H2,1-3H3,(H,21,24)/b20-10+. The number of nitro benzene ring substituents is 1. The Kier molecular flexibility index (Phi) is 6.91. The Morgan fingerprint density at radius 3 is 2.54 bits per heavy atom. The van der Waals surface area contributed by atoms with E-state index < -0.39 is 10.8 Å². The molecule has 0 radical (unpaired) electrons. The summed E-state index contributed by atoms with van der Waals surface area (Å²) in [4.78, 5) is 32.9. The molecular weight excluding hydrogens is 364 g/mol. The fourth-order valence-electron chi connectivity index (χ4n) is 2.40. The number of non-ortho nitro benzene ring substituents is 1. The van der Waals surface area contributed by atoms with Crippen LogP contribution in [0.15, 0.2) is 46.7 Å². The van der Waals surface area contributed by atoms with Gasteiger partial charge < -0.3 is 4.74 Å². The second-order valence-electron chi connectivity index (χ2n) is 6.35. The molecule has 9 nitrogen and oxygen atoms in total. The van der Waals surface area contributed by atoms with Crippen molar-refractivity contribution >= 4 is 23.5 Å². The average Bonchev–Trinajstić information content (AvgIpc) is 2.66. The van der Waals surface area contributed by atoms with Gasteiger partial charge in [-0.1, -0.05) is 13.8 Å². The summed E-state index contributed by atoms with van der Waals surface area (Å²) in [5, 5.41) is 17.4. The maximum Gasteiger partial charge on any atom is 0.277 e. The zero-order chi connectivity index (χ0) is 20.7. The molecule has 0 fully saturated rings. The third kappa shape index (κ3) is 5.44. The first kappa shape index (κ1) is 20.7. The van der Waals surface area contributed by atoms with E-state index in [-0.39, 0.29) is 18.2 Å². The minimum atomic E-state index is -0.495. The highest BCUT2D eigenvalue weighted by atomic mass is 16.6. The number of hydrogen-bond acceptors (Lipinski definition) is 7. The molecule has 28 heavy (non-hydrogen) atoms. The molecule has 1 N–H and O–H groups in total. The Labute approximate surface area is 161 Å². The molecule has 146 valence electrons. The van der Waals surface area contributed by atoms with Gasteiger partial charge in [0.25, 0.3) is 11.6 Å². The van der Waals surface area contributed by atoms with Crippen molar-refractivity contribution < 1.29 is 14.5 Å². The van der Waals surface area contributed by atoms with Crippen molar-refractivity contribution in [3.63, 3.8) is 0 Å². The number of nitrogens with one attached hydrogen (secondary N) is 1. The van der Waals surface area contributed by atoms with E-state index in [0.717, 1.165) is 5.56 Å². The fraction of sp³-hybridized carbons (Fsp3) is 0.263. The van der Waals surface area contributed by atoms with E-state index in [0.29, 0.717) is 22.6 Å². The molecule has 0 spiro atoms. The van der Waals surface area contributed by atoms with Crippen LogP contribution in [-0.2, 0) is 4.79 Å². The number of ether oxygens (including phenoxy) is 1. The van der Waals surface area contributed by atoms with Crippen LogP contribution in [-0.4, -0.2) is 23.7 Å². The quantitative estimate of drug-likeness (QED) is 0.319. The van der Waals surface area contributed by atoms with Crippen molar-refractivity contribution in [2.75, 3.05) is 6.61 Å². The summed E-state index contributed by atoms with van der Waals surface area (Å²) in [6.07, 6.45) is 1.37. The fourth-order valence-corrected chi connectivity index (χ4v) is 2.40. The van der Waals surface area contributed by atoms with E-state index in [1.807, 2.05) is 13.8 Å². The van der Waals surface area contributed by atoms with Gasteiger partial charge >= 0.3 is 0 Å². The van der Waals surface area contributed by atoms with Crippen LogP contribution in [0.25, 0.3) is 0 Å². The molecule has 9 heteroatoms. The van der Waals surface area contributed by atoms with Gasteiger partial charge in [-0.05, 0) is 59.0 Å². The predicted octanol–water partition coefficient (Wildman–Crippen LogP) is 3.95. The lowest BCUT2D eigenvalue weighted by molar-refractivity contribution is -0.384.